The van der Waals surface area contributed by atoms with Gasteiger partial charge in [-0.05, 0) is 60.7 Å². The van der Waals surface area contributed by atoms with Gasteiger partial charge in [-0.3, -0.25) is 10.1 Å². The molecule has 4 rings (SSSR count). The van der Waals surface area contributed by atoms with Gasteiger partial charge < -0.3 is 19.2 Å². The Labute approximate surface area is 204 Å². The maximum absolute atomic E-state index is 12.6. The number of fused-ring (bicyclic) bond motifs is 1. The van der Waals surface area contributed by atoms with Gasteiger partial charge in [0, 0.05) is 17.3 Å². The standard InChI is InChI=1S/C23H17Cl2N3O4S/c1-30-14-5-6-15(20(11-14)31-2)21(29)28-23(33)26-13-4-8-19-18(10-13)27-22(32-19)12-3-7-16(24)17(25)9-12/h3-11H,1-2H3,(H2,26,28,29,33). The Hall–Kier alpha value is -3.33. The first-order valence-corrected chi connectivity index (χ1v) is 10.7. The molecule has 4 aromatic rings. The quantitative estimate of drug-likeness (QED) is 0.327. The third kappa shape index (κ3) is 5.03. The number of carbonyl (C=O) groups excluding carboxylic acids is 1. The summed E-state index contributed by atoms with van der Waals surface area (Å²) in [5.41, 5.74) is 2.84. The summed E-state index contributed by atoms with van der Waals surface area (Å²) < 4.78 is 16.2. The van der Waals surface area contributed by atoms with Crippen molar-refractivity contribution in [3.8, 4) is 23.0 Å². The first-order valence-electron chi connectivity index (χ1n) is 9.58. The Bertz CT molecular complexity index is 1370. The predicted octanol–water partition coefficient (Wildman–Crippen LogP) is 5.95. The number of thiocarbonyl (C=S) groups is 1. The van der Waals surface area contributed by atoms with Crippen LogP contribution in [-0.2, 0) is 0 Å². The number of aromatic nitrogens is 1. The minimum absolute atomic E-state index is 0.116. The summed E-state index contributed by atoms with van der Waals surface area (Å²) in [6, 6.07) is 15.3. The summed E-state index contributed by atoms with van der Waals surface area (Å²) in [6.45, 7) is 0. The van der Waals surface area contributed by atoms with E-state index < -0.39 is 5.91 Å². The molecule has 10 heteroatoms. The Morgan fingerprint density at radius 2 is 1.82 bits per heavy atom. The van der Waals surface area contributed by atoms with Crippen molar-refractivity contribution in [2.75, 3.05) is 19.5 Å². The van der Waals surface area contributed by atoms with Crippen LogP contribution in [-0.4, -0.2) is 30.2 Å². The maximum atomic E-state index is 12.6. The van der Waals surface area contributed by atoms with Gasteiger partial charge in [-0.2, -0.15) is 0 Å². The van der Waals surface area contributed by atoms with E-state index in [1.807, 2.05) is 0 Å². The Morgan fingerprint density at radius 3 is 2.55 bits per heavy atom. The molecule has 0 bridgehead atoms. The largest absolute Gasteiger partial charge is 0.497 e. The normalized spacial score (nSPS) is 10.7. The van der Waals surface area contributed by atoms with E-state index in [4.69, 9.17) is 49.3 Å². The molecule has 7 nitrogen and oxygen atoms in total. The van der Waals surface area contributed by atoms with Crippen molar-refractivity contribution in [3.63, 3.8) is 0 Å². The Kier molecular flexibility index (Phi) is 6.69. The van der Waals surface area contributed by atoms with Crippen LogP contribution in [0.3, 0.4) is 0 Å². The number of carbonyl (C=O) groups is 1. The molecule has 0 saturated heterocycles. The van der Waals surface area contributed by atoms with Crippen molar-refractivity contribution in [2.24, 2.45) is 0 Å². The molecule has 0 unspecified atom stereocenters. The number of nitrogens with one attached hydrogen (secondary N) is 2. The smallest absolute Gasteiger partial charge is 0.261 e. The third-order valence-electron chi connectivity index (χ3n) is 4.69. The zero-order chi connectivity index (χ0) is 23.5. The molecule has 2 N–H and O–H groups in total. The van der Waals surface area contributed by atoms with E-state index in [9.17, 15) is 4.79 Å². The highest BCUT2D eigenvalue weighted by atomic mass is 35.5. The SMILES string of the molecule is COc1ccc(C(=O)NC(=S)Nc2ccc3oc(-c4ccc(Cl)c(Cl)c4)nc3c2)c(OC)c1. The number of hydrogen-bond donors (Lipinski definition) is 2. The molecule has 1 amide bonds. The summed E-state index contributed by atoms with van der Waals surface area (Å²) in [4.78, 5) is 17.1. The molecule has 33 heavy (non-hydrogen) atoms. The van der Waals surface area contributed by atoms with E-state index >= 15 is 0 Å². The van der Waals surface area contributed by atoms with Crippen LogP contribution < -0.4 is 20.1 Å². The van der Waals surface area contributed by atoms with E-state index in [1.54, 1.807) is 54.6 Å². The monoisotopic (exact) mass is 501 g/mol. The first-order chi connectivity index (χ1) is 15.9. The number of rotatable bonds is 5. The molecule has 0 saturated carbocycles. The average Bonchev–Trinajstić information content (AvgIpc) is 3.23. The number of oxazole rings is 1. The molecule has 168 valence electrons. The number of methoxy groups -OCH3 is 2. The maximum Gasteiger partial charge on any atom is 0.261 e. The van der Waals surface area contributed by atoms with Crippen LogP contribution in [0.4, 0.5) is 5.69 Å². The topological polar surface area (TPSA) is 85.6 Å². The minimum atomic E-state index is -0.420. The number of amides is 1. The fraction of sp³-hybridized carbons (Fsp3) is 0.0870. The van der Waals surface area contributed by atoms with E-state index in [0.29, 0.717) is 55.3 Å². The van der Waals surface area contributed by atoms with Gasteiger partial charge in [0.2, 0.25) is 5.89 Å². The lowest BCUT2D eigenvalue weighted by atomic mass is 10.2. The van der Waals surface area contributed by atoms with E-state index in [1.165, 1.54) is 14.2 Å². The molecule has 0 aliphatic rings. The van der Waals surface area contributed by atoms with E-state index in [2.05, 4.69) is 15.6 Å². The van der Waals surface area contributed by atoms with Crippen molar-refractivity contribution >= 4 is 63.2 Å². The van der Waals surface area contributed by atoms with Crippen LogP contribution in [0.25, 0.3) is 22.6 Å². The van der Waals surface area contributed by atoms with Crippen LogP contribution in [0.15, 0.2) is 59.0 Å². The summed E-state index contributed by atoms with van der Waals surface area (Å²) in [7, 11) is 3.01. The molecule has 0 aliphatic carbocycles. The van der Waals surface area contributed by atoms with Crippen LogP contribution >= 0.6 is 35.4 Å². The highest BCUT2D eigenvalue weighted by Gasteiger charge is 2.15. The minimum Gasteiger partial charge on any atom is -0.497 e. The van der Waals surface area contributed by atoms with Crippen LogP contribution in [0.2, 0.25) is 10.0 Å². The van der Waals surface area contributed by atoms with Crippen LogP contribution in [0.5, 0.6) is 11.5 Å². The highest BCUT2D eigenvalue weighted by Crippen LogP contribution is 2.31. The fourth-order valence-corrected chi connectivity index (χ4v) is 3.59. The number of benzene rings is 3. The second-order valence-electron chi connectivity index (χ2n) is 6.80. The van der Waals surface area contributed by atoms with Crippen molar-refractivity contribution in [2.45, 2.75) is 0 Å². The van der Waals surface area contributed by atoms with Crippen molar-refractivity contribution in [1.82, 2.24) is 10.3 Å². The van der Waals surface area contributed by atoms with Gasteiger partial charge in [0.05, 0.1) is 29.8 Å². The number of ether oxygens (including phenoxy) is 2. The third-order valence-corrected chi connectivity index (χ3v) is 5.64. The molecular formula is C23H17Cl2N3O4S. The fourth-order valence-electron chi connectivity index (χ4n) is 3.08. The molecule has 0 spiro atoms. The zero-order valence-corrected chi connectivity index (χ0v) is 19.8. The summed E-state index contributed by atoms with van der Waals surface area (Å²) in [6.07, 6.45) is 0. The molecule has 3 aromatic carbocycles. The Morgan fingerprint density at radius 1 is 1.00 bits per heavy atom. The molecule has 1 heterocycles. The van der Waals surface area contributed by atoms with Gasteiger partial charge in [-0.15, -0.1) is 0 Å². The number of halogens is 2. The first kappa shape index (κ1) is 22.8. The van der Waals surface area contributed by atoms with Gasteiger partial charge in [0.15, 0.2) is 10.7 Å². The highest BCUT2D eigenvalue weighted by molar-refractivity contribution is 7.80. The molecule has 0 radical (unpaired) electrons. The number of anilines is 1. The van der Waals surface area contributed by atoms with Crippen molar-refractivity contribution in [1.29, 1.82) is 0 Å². The van der Waals surface area contributed by atoms with Crippen LogP contribution in [0.1, 0.15) is 10.4 Å². The molecular weight excluding hydrogens is 485 g/mol. The lowest BCUT2D eigenvalue weighted by Gasteiger charge is -2.12. The van der Waals surface area contributed by atoms with E-state index in [0.717, 1.165) is 0 Å². The predicted molar refractivity (Wildman–Crippen MR) is 133 cm³/mol. The van der Waals surface area contributed by atoms with Gasteiger partial charge in [-0.1, -0.05) is 23.2 Å². The lowest BCUT2D eigenvalue weighted by molar-refractivity contribution is 0.0974. The zero-order valence-electron chi connectivity index (χ0n) is 17.4. The number of hydrogen-bond acceptors (Lipinski definition) is 6. The lowest BCUT2D eigenvalue weighted by Crippen LogP contribution is -2.34. The van der Waals surface area contributed by atoms with Crippen molar-refractivity contribution in [3.05, 3.63) is 70.2 Å². The molecule has 1 aromatic heterocycles. The van der Waals surface area contributed by atoms with E-state index in [-0.39, 0.29) is 5.11 Å². The molecule has 0 atom stereocenters. The van der Waals surface area contributed by atoms with Gasteiger partial charge in [0.1, 0.15) is 17.0 Å². The second kappa shape index (κ2) is 9.66. The van der Waals surface area contributed by atoms with Gasteiger partial charge in [0.25, 0.3) is 5.91 Å². The average molecular weight is 502 g/mol. The Balaban J connectivity index is 1.49. The van der Waals surface area contributed by atoms with Gasteiger partial charge in [-0.25, -0.2) is 4.98 Å². The molecule has 0 fully saturated rings. The summed E-state index contributed by atoms with van der Waals surface area (Å²) in [5, 5.41) is 6.59. The van der Waals surface area contributed by atoms with Crippen LogP contribution in [0, 0.1) is 0 Å². The molecule has 0 aliphatic heterocycles. The number of nitrogens with zero attached hydrogens (tertiary/aromatic N) is 1. The second-order valence-corrected chi connectivity index (χ2v) is 8.03. The van der Waals surface area contributed by atoms with Gasteiger partial charge >= 0.3 is 0 Å². The summed E-state index contributed by atoms with van der Waals surface area (Å²) in [5.74, 6) is 0.929. The van der Waals surface area contributed by atoms with Crippen molar-refractivity contribution < 1.29 is 18.7 Å². The summed E-state index contributed by atoms with van der Waals surface area (Å²) >= 11 is 17.4.